The molecule has 0 radical (unpaired) electrons. The zero-order valence-corrected chi connectivity index (χ0v) is 18.1. The van der Waals surface area contributed by atoms with Crippen LogP contribution in [0.1, 0.15) is 38.1 Å². The zero-order chi connectivity index (χ0) is 20.9. The summed E-state index contributed by atoms with van der Waals surface area (Å²) in [5.41, 5.74) is 2.40. The lowest BCUT2D eigenvalue weighted by Crippen LogP contribution is -2.17. The fourth-order valence-corrected chi connectivity index (χ4v) is 4.77. The normalized spacial score (nSPS) is 14.6. The molecule has 4 rings (SSSR count). The average molecular weight is 427 g/mol. The first kappa shape index (κ1) is 20.5. The van der Waals surface area contributed by atoms with Crippen molar-refractivity contribution in [3.05, 3.63) is 36.5 Å². The fourth-order valence-electron chi connectivity index (χ4n) is 3.90. The Hall–Kier alpha value is -2.74. The van der Waals surface area contributed by atoms with Gasteiger partial charge >= 0.3 is 0 Å². The number of carbonyl (C=O) groups excluding carboxylic acids is 1. The van der Waals surface area contributed by atoms with Crippen molar-refractivity contribution in [2.45, 2.75) is 43.3 Å². The first-order chi connectivity index (χ1) is 14.7. The Kier molecular flexibility index (Phi) is 6.42. The number of pyridine rings is 1. The van der Waals surface area contributed by atoms with Crippen LogP contribution in [0, 0.1) is 0 Å². The van der Waals surface area contributed by atoms with Gasteiger partial charge in [-0.15, -0.1) is 0 Å². The van der Waals surface area contributed by atoms with Crippen LogP contribution in [-0.4, -0.2) is 40.4 Å². The highest BCUT2D eigenvalue weighted by atomic mass is 32.2. The van der Waals surface area contributed by atoms with Gasteiger partial charge in [0.25, 0.3) is 0 Å². The van der Waals surface area contributed by atoms with Crippen molar-refractivity contribution in [3.8, 4) is 11.5 Å². The standard InChI is InChI=1S/C22H26N4O3S/c1-28-16-10-11-17(19(13-16)29-2)24-20(27)14-30-22-25-18-9-6-12-23-21(18)26(22)15-7-4-3-5-8-15/h6,9-13,15H,3-5,7-8,14H2,1-2H3,(H,24,27). The third-order valence-corrected chi connectivity index (χ3v) is 6.32. The van der Waals surface area contributed by atoms with Gasteiger partial charge in [0, 0.05) is 18.3 Å². The maximum atomic E-state index is 12.6. The molecular weight excluding hydrogens is 400 g/mol. The molecule has 0 atom stereocenters. The number of hydrogen-bond acceptors (Lipinski definition) is 6. The number of carbonyl (C=O) groups is 1. The van der Waals surface area contributed by atoms with Crippen LogP contribution in [0.4, 0.5) is 5.69 Å². The van der Waals surface area contributed by atoms with Gasteiger partial charge in [0.1, 0.15) is 17.0 Å². The number of fused-ring (bicyclic) bond motifs is 1. The minimum absolute atomic E-state index is 0.112. The van der Waals surface area contributed by atoms with E-state index in [0.29, 0.717) is 23.2 Å². The third-order valence-electron chi connectivity index (χ3n) is 5.37. The van der Waals surface area contributed by atoms with Gasteiger partial charge in [0.05, 0.1) is 25.7 Å². The Morgan fingerprint density at radius 1 is 1.20 bits per heavy atom. The molecule has 1 aliphatic carbocycles. The van der Waals surface area contributed by atoms with Crippen molar-refractivity contribution < 1.29 is 14.3 Å². The molecule has 2 heterocycles. The van der Waals surface area contributed by atoms with Crippen molar-refractivity contribution in [2.75, 3.05) is 25.3 Å². The van der Waals surface area contributed by atoms with Gasteiger partial charge in [0.2, 0.25) is 5.91 Å². The molecule has 1 amide bonds. The lowest BCUT2D eigenvalue weighted by Gasteiger charge is -2.24. The van der Waals surface area contributed by atoms with Gasteiger partial charge in [-0.25, -0.2) is 9.97 Å². The summed E-state index contributed by atoms with van der Waals surface area (Å²) in [5.74, 6) is 1.38. The number of anilines is 1. The number of thioether (sulfide) groups is 1. The van der Waals surface area contributed by atoms with E-state index in [4.69, 9.17) is 14.5 Å². The lowest BCUT2D eigenvalue weighted by atomic mass is 9.95. The van der Waals surface area contributed by atoms with Gasteiger partial charge in [-0.3, -0.25) is 4.79 Å². The second-order valence-corrected chi connectivity index (χ2v) is 8.25. The average Bonchev–Trinajstić information content (AvgIpc) is 3.17. The second kappa shape index (κ2) is 9.38. The predicted octanol–water partition coefficient (Wildman–Crippen LogP) is 4.68. The Balaban J connectivity index is 1.50. The SMILES string of the molecule is COc1ccc(NC(=O)CSc2nc3cccnc3n2C2CCCCC2)c(OC)c1. The van der Waals surface area contributed by atoms with Crippen LogP contribution in [0.25, 0.3) is 11.2 Å². The molecule has 158 valence electrons. The van der Waals surface area contributed by atoms with Gasteiger partial charge in [-0.05, 0) is 37.1 Å². The lowest BCUT2D eigenvalue weighted by molar-refractivity contribution is -0.113. The van der Waals surface area contributed by atoms with Crippen molar-refractivity contribution in [2.24, 2.45) is 0 Å². The Morgan fingerprint density at radius 2 is 2.03 bits per heavy atom. The van der Waals surface area contributed by atoms with Gasteiger partial charge in [-0.2, -0.15) is 0 Å². The van der Waals surface area contributed by atoms with E-state index in [1.807, 2.05) is 12.1 Å². The molecule has 0 saturated heterocycles. The zero-order valence-electron chi connectivity index (χ0n) is 17.3. The van der Waals surface area contributed by atoms with Crippen molar-refractivity contribution in [3.63, 3.8) is 0 Å². The quantitative estimate of drug-likeness (QED) is 0.553. The monoisotopic (exact) mass is 426 g/mol. The van der Waals surface area contributed by atoms with Crippen LogP contribution in [0.2, 0.25) is 0 Å². The number of nitrogens with one attached hydrogen (secondary N) is 1. The summed E-state index contributed by atoms with van der Waals surface area (Å²) < 4.78 is 12.8. The van der Waals surface area contributed by atoms with Crippen LogP contribution >= 0.6 is 11.8 Å². The van der Waals surface area contributed by atoms with Crippen LogP contribution in [0.5, 0.6) is 11.5 Å². The smallest absolute Gasteiger partial charge is 0.234 e. The summed E-state index contributed by atoms with van der Waals surface area (Å²) in [4.78, 5) is 22.0. The number of amides is 1. The minimum atomic E-state index is -0.112. The van der Waals surface area contributed by atoms with Crippen LogP contribution in [0.3, 0.4) is 0 Å². The third kappa shape index (κ3) is 4.38. The van der Waals surface area contributed by atoms with Crippen LogP contribution in [0.15, 0.2) is 41.7 Å². The maximum absolute atomic E-state index is 12.6. The molecule has 7 nitrogen and oxygen atoms in total. The largest absolute Gasteiger partial charge is 0.497 e. The first-order valence-corrected chi connectivity index (χ1v) is 11.2. The number of imidazole rings is 1. The fraction of sp³-hybridized carbons (Fsp3) is 0.409. The summed E-state index contributed by atoms with van der Waals surface area (Å²) in [6, 6.07) is 9.59. The van der Waals surface area contributed by atoms with E-state index in [-0.39, 0.29) is 11.7 Å². The van der Waals surface area contributed by atoms with E-state index < -0.39 is 0 Å². The van der Waals surface area contributed by atoms with E-state index in [0.717, 1.165) is 29.2 Å². The minimum Gasteiger partial charge on any atom is -0.497 e. The Morgan fingerprint density at radius 3 is 2.80 bits per heavy atom. The topological polar surface area (TPSA) is 78.3 Å². The number of methoxy groups -OCH3 is 2. The number of rotatable bonds is 7. The van der Waals surface area contributed by atoms with Crippen LogP contribution in [-0.2, 0) is 4.79 Å². The highest BCUT2D eigenvalue weighted by Gasteiger charge is 2.23. The number of benzene rings is 1. The summed E-state index contributed by atoms with van der Waals surface area (Å²) in [7, 11) is 3.16. The molecule has 8 heteroatoms. The molecule has 1 saturated carbocycles. The summed E-state index contributed by atoms with van der Waals surface area (Å²) in [6.45, 7) is 0. The second-order valence-electron chi connectivity index (χ2n) is 7.31. The van der Waals surface area contributed by atoms with E-state index in [1.54, 1.807) is 38.6 Å². The highest BCUT2D eigenvalue weighted by molar-refractivity contribution is 7.99. The number of hydrogen-bond donors (Lipinski definition) is 1. The molecule has 1 aliphatic rings. The van der Waals surface area contributed by atoms with Crippen molar-refractivity contribution in [1.82, 2.24) is 14.5 Å². The van der Waals surface area contributed by atoms with E-state index >= 15 is 0 Å². The molecule has 30 heavy (non-hydrogen) atoms. The highest BCUT2D eigenvalue weighted by Crippen LogP contribution is 2.35. The number of ether oxygens (including phenoxy) is 2. The number of aromatic nitrogens is 3. The Bertz CT molecular complexity index is 1030. The van der Waals surface area contributed by atoms with E-state index in [9.17, 15) is 4.79 Å². The first-order valence-electron chi connectivity index (χ1n) is 10.2. The van der Waals surface area contributed by atoms with Gasteiger partial charge in [-0.1, -0.05) is 31.0 Å². The summed E-state index contributed by atoms with van der Waals surface area (Å²) >= 11 is 1.45. The van der Waals surface area contributed by atoms with Crippen molar-refractivity contribution >= 4 is 34.5 Å². The molecule has 1 N–H and O–H groups in total. The summed E-state index contributed by atoms with van der Waals surface area (Å²) in [5, 5.41) is 3.78. The molecule has 3 aromatic rings. The Labute approximate surface area is 180 Å². The molecule has 1 fully saturated rings. The van der Waals surface area contributed by atoms with Crippen LogP contribution < -0.4 is 14.8 Å². The van der Waals surface area contributed by atoms with Crippen molar-refractivity contribution in [1.29, 1.82) is 0 Å². The van der Waals surface area contributed by atoms with E-state index in [1.165, 1.54) is 31.0 Å². The van der Waals surface area contributed by atoms with Gasteiger partial charge < -0.3 is 19.4 Å². The molecule has 0 spiro atoms. The maximum Gasteiger partial charge on any atom is 0.234 e. The molecule has 0 bridgehead atoms. The molecule has 0 unspecified atom stereocenters. The summed E-state index contributed by atoms with van der Waals surface area (Å²) in [6.07, 6.45) is 7.79. The van der Waals surface area contributed by atoms with Gasteiger partial charge in [0.15, 0.2) is 10.8 Å². The van der Waals surface area contributed by atoms with E-state index in [2.05, 4.69) is 14.9 Å². The molecular formula is C22H26N4O3S. The molecule has 2 aromatic heterocycles. The molecule has 0 aliphatic heterocycles. The number of nitrogens with zero attached hydrogens (tertiary/aromatic N) is 3. The molecule has 1 aromatic carbocycles. The predicted molar refractivity (Wildman–Crippen MR) is 119 cm³/mol.